The van der Waals surface area contributed by atoms with E-state index >= 15 is 0 Å². The summed E-state index contributed by atoms with van der Waals surface area (Å²) in [7, 11) is 0. The fourth-order valence-corrected chi connectivity index (χ4v) is 2.25. The molecule has 1 nitrogen and oxygen atoms in total. The average Bonchev–Trinajstić information content (AvgIpc) is 2.45. The lowest BCUT2D eigenvalue weighted by Gasteiger charge is -2.33. The quantitative estimate of drug-likeness (QED) is 0.791. The maximum Gasteiger partial charge on any atom is 0.425 e. The van der Waals surface area contributed by atoms with E-state index in [1.807, 2.05) is 0 Å². The van der Waals surface area contributed by atoms with E-state index in [9.17, 15) is 35.8 Å². The summed E-state index contributed by atoms with van der Waals surface area (Å²) < 4.78 is 93.1. The molecule has 0 amide bonds. The molecule has 0 fully saturated rings. The predicted molar refractivity (Wildman–Crippen MR) is 66.9 cm³/mol. The van der Waals surface area contributed by atoms with E-state index in [0.717, 1.165) is 24.3 Å². The Bertz CT molecular complexity index is 705. The van der Waals surface area contributed by atoms with Crippen LogP contribution in [0.15, 0.2) is 48.5 Å². The van der Waals surface area contributed by atoms with Gasteiger partial charge in [0, 0.05) is 11.1 Å². The molecular weight excluding hydrogens is 329 g/mol. The fraction of sp³-hybridized carbons (Fsp3) is 0.200. The first-order chi connectivity index (χ1) is 10.5. The predicted octanol–water partition coefficient (Wildman–Crippen LogP) is 4.64. The summed E-state index contributed by atoms with van der Waals surface area (Å²) in [6.45, 7) is 0. The monoisotopic (exact) mass is 338 g/mol. The van der Waals surface area contributed by atoms with Crippen molar-refractivity contribution in [3.05, 3.63) is 71.0 Å². The van der Waals surface area contributed by atoms with Crippen molar-refractivity contribution in [3.63, 3.8) is 0 Å². The standard InChI is InChI=1S/C15H9F7O/c16-12-8-4-3-7-11(12)13(23,15(20,21)22)9-5-1-2-6-10(9)14(17,18)19/h1-8,23H. The molecule has 0 heterocycles. The number of hydrogen-bond acceptors (Lipinski definition) is 1. The zero-order valence-corrected chi connectivity index (χ0v) is 11.2. The Labute approximate surface area is 126 Å². The van der Waals surface area contributed by atoms with Crippen LogP contribution in [-0.2, 0) is 11.8 Å². The first-order valence-electron chi connectivity index (χ1n) is 6.20. The van der Waals surface area contributed by atoms with Gasteiger partial charge < -0.3 is 5.11 Å². The van der Waals surface area contributed by atoms with Crippen LogP contribution in [0.3, 0.4) is 0 Å². The van der Waals surface area contributed by atoms with Gasteiger partial charge in [0.15, 0.2) is 0 Å². The summed E-state index contributed by atoms with van der Waals surface area (Å²) in [6, 6.07) is 5.93. The molecule has 0 aliphatic rings. The Kier molecular flexibility index (Phi) is 4.14. The molecule has 2 aromatic carbocycles. The fourth-order valence-electron chi connectivity index (χ4n) is 2.25. The minimum atomic E-state index is -5.57. The van der Waals surface area contributed by atoms with Crippen LogP contribution >= 0.6 is 0 Å². The first kappa shape index (κ1) is 17.3. The van der Waals surface area contributed by atoms with Crippen LogP contribution in [0.5, 0.6) is 0 Å². The van der Waals surface area contributed by atoms with E-state index in [-0.39, 0.29) is 0 Å². The van der Waals surface area contributed by atoms with Crippen LogP contribution in [0.2, 0.25) is 0 Å². The SMILES string of the molecule is OC(c1ccccc1F)(c1ccccc1C(F)(F)F)C(F)(F)F. The molecule has 0 saturated heterocycles. The van der Waals surface area contributed by atoms with Crippen LogP contribution in [0.1, 0.15) is 16.7 Å². The summed E-state index contributed by atoms with van der Waals surface area (Å²) in [5.74, 6) is -1.47. The molecule has 1 atom stereocenters. The molecule has 2 rings (SSSR count). The van der Waals surface area contributed by atoms with Gasteiger partial charge in [-0.2, -0.15) is 26.3 Å². The Balaban J connectivity index is 2.85. The zero-order chi connectivity index (χ0) is 17.5. The molecule has 0 aliphatic heterocycles. The first-order valence-corrected chi connectivity index (χ1v) is 6.20. The van der Waals surface area contributed by atoms with Gasteiger partial charge >= 0.3 is 12.4 Å². The molecule has 1 N–H and O–H groups in total. The molecule has 0 aliphatic carbocycles. The molecule has 124 valence electrons. The number of aliphatic hydroxyl groups is 1. The number of benzene rings is 2. The van der Waals surface area contributed by atoms with Crippen LogP contribution in [0.25, 0.3) is 0 Å². The van der Waals surface area contributed by atoms with E-state index in [2.05, 4.69) is 0 Å². The van der Waals surface area contributed by atoms with Crippen molar-refractivity contribution in [1.29, 1.82) is 0 Å². The Morgan fingerprint density at radius 3 is 1.52 bits per heavy atom. The van der Waals surface area contributed by atoms with Crippen LogP contribution < -0.4 is 0 Å². The zero-order valence-electron chi connectivity index (χ0n) is 11.2. The molecule has 0 aromatic heterocycles. The summed E-state index contributed by atoms with van der Waals surface area (Å²) in [5.41, 5.74) is -8.61. The molecular formula is C15H9F7O. The lowest BCUT2D eigenvalue weighted by atomic mass is 9.82. The molecule has 23 heavy (non-hydrogen) atoms. The summed E-state index contributed by atoms with van der Waals surface area (Å²) >= 11 is 0. The average molecular weight is 338 g/mol. The second kappa shape index (κ2) is 5.52. The third-order valence-corrected chi connectivity index (χ3v) is 3.30. The summed E-state index contributed by atoms with van der Waals surface area (Å²) in [4.78, 5) is 0. The second-order valence-corrected chi connectivity index (χ2v) is 4.73. The highest BCUT2D eigenvalue weighted by Crippen LogP contribution is 2.48. The maximum absolute atomic E-state index is 13.8. The van der Waals surface area contributed by atoms with E-state index in [0.29, 0.717) is 24.3 Å². The minimum Gasteiger partial charge on any atom is -0.372 e. The Hall–Kier alpha value is -2.09. The maximum atomic E-state index is 13.8. The van der Waals surface area contributed by atoms with E-state index in [4.69, 9.17) is 0 Å². The van der Waals surface area contributed by atoms with Crippen molar-refractivity contribution >= 4 is 0 Å². The minimum absolute atomic E-state index is 0.396. The van der Waals surface area contributed by atoms with Gasteiger partial charge in [0.05, 0.1) is 5.56 Å². The highest BCUT2D eigenvalue weighted by atomic mass is 19.4. The van der Waals surface area contributed by atoms with Gasteiger partial charge in [0.25, 0.3) is 0 Å². The van der Waals surface area contributed by atoms with Gasteiger partial charge in [-0.05, 0) is 12.1 Å². The third-order valence-electron chi connectivity index (χ3n) is 3.30. The summed E-state index contributed by atoms with van der Waals surface area (Å²) in [5, 5.41) is 10.2. The van der Waals surface area contributed by atoms with Crippen molar-refractivity contribution in [3.8, 4) is 0 Å². The van der Waals surface area contributed by atoms with Crippen molar-refractivity contribution in [2.45, 2.75) is 18.0 Å². The van der Waals surface area contributed by atoms with Crippen LogP contribution in [0, 0.1) is 5.82 Å². The van der Waals surface area contributed by atoms with Crippen molar-refractivity contribution < 1.29 is 35.8 Å². The molecule has 0 bridgehead atoms. The van der Waals surface area contributed by atoms with Gasteiger partial charge in [-0.25, -0.2) is 4.39 Å². The highest BCUT2D eigenvalue weighted by Gasteiger charge is 2.59. The van der Waals surface area contributed by atoms with Crippen LogP contribution in [-0.4, -0.2) is 11.3 Å². The van der Waals surface area contributed by atoms with Crippen molar-refractivity contribution in [2.24, 2.45) is 0 Å². The van der Waals surface area contributed by atoms with Gasteiger partial charge in [-0.1, -0.05) is 36.4 Å². The number of rotatable bonds is 2. The van der Waals surface area contributed by atoms with E-state index < -0.39 is 40.5 Å². The molecule has 8 heteroatoms. The van der Waals surface area contributed by atoms with Crippen LogP contribution in [0.4, 0.5) is 30.7 Å². The number of alkyl halides is 6. The second-order valence-electron chi connectivity index (χ2n) is 4.73. The third kappa shape index (κ3) is 2.90. The largest absolute Gasteiger partial charge is 0.425 e. The topological polar surface area (TPSA) is 20.2 Å². The lowest BCUT2D eigenvalue weighted by molar-refractivity contribution is -0.251. The number of halogens is 7. The molecule has 0 spiro atoms. The van der Waals surface area contributed by atoms with E-state index in [1.54, 1.807) is 0 Å². The summed E-state index contributed by atoms with van der Waals surface area (Å²) in [6.07, 6.45) is -10.7. The molecule has 2 aromatic rings. The molecule has 1 unspecified atom stereocenters. The van der Waals surface area contributed by atoms with Gasteiger partial charge in [0.1, 0.15) is 5.82 Å². The van der Waals surface area contributed by atoms with Crippen molar-refractivity contribution in [1.82, 2.24) is 0 Å². The van der Waals surface area contributed by atoms with E-state index in [1.165, 1.54) is 0 Å². The van der Waals surface area contributed by atoms with Gasteiger partial charge in [-0.15, -0.1) is 0 Å². The van der Waals surface area contributed by atoms with Crippen molar-refractivity contribution in [2.75, 3.05) is 0 Å². The van der Waals surface area contributed by atoms with Gasteiger partial charge in [-0.3, -0.25) is 0 Å². The van der Waals surface area contributed by atoms with Gasteiger partial charge in [0.2, 0.25) is 5.60 Å². The Morgan fingerprint density at radius 1 is 0.652 bits per heavy atom. The lowest BCUT2D eigenvalue weighted by Crippen LogP contribution is -2.45. The Morgan fingerprint density at radius 2 is 1.09 bits per heavy atom. The molecule has 0 saturated carbocycles. The number of hydrogen-bond donors (Lipinski definition) is 1. The highest BCUT2D eigenvalue weighted by molar-refractivity contribution is 5.44. The smallest absolute Gasteiger partial charge is 0.372 e. The normalized spacial score (nSPS) is 15.3. The molecule has 0 radical (unpaired) electrons.